The summed E-state index contributed by atoms with van der Waals surface area (Å²) in [6.07, 6.45) is 6.44. The number of carbonyl (C=O) groups excluding carboxylic acids is 1. The molecule has 25 heavy (non-hydrogen) atoms. The normalized spacial score (nSPS) is 20.0. The standard InChI is InChI=1S/C22H25NO2/c1-3-16-4-6-17(7-5-16)18-8-10-19(11-9-18)22(24)25-21-14-12-20(23-2)13-15-21/h8-17H,2-7H2,1H3. The van der Waals surface area contributed by atoms with Crippen molar-refractivity contribution in [2.75, 3.05) is 0 Å². The van der Waals surface area contributed by atoms with Gasteiger partial charge in [-0.15, -0.1) is 0 Å². The smallest absolute Gasteiger partial charge is 0.343 e. The second kappa shape index (κ2) is 8.11. The average molecular weight is 335 g/mol. The summed E-state index contributed by atoms with van der Waals surface area (Å²) < 4.78 is 5.41. The molecule has 0 N–H and O–H groups in total. The Bertz CT molecular complexity index is 711. The number of nitrogens with zero attached hydrogens (tertiary/aromatic N) is 1. The van der Waals surface area contributed by atoms with Gasteiger partial charge in [0.05, 0.1) is 11.3 Å². The van der Waals surface area contributed by atoms with Crippen molar-refractivity contribution in [3.8, 4) is 5.75 Å². The number of rotatable bonds is 5. The topological polar surface area (TPSA) is 38.7 Å². The van der Waals surface area contributed by atoms with Crippen molar-refractivity contribution in [1.29, 1.82) is 0 Å². The van der Waals surface area contributed by atoms with Gasteiger partial charge in [0, 0.05) is 0 Å². The molecule has 1 aliphatic rings. The predicted molar refractivity (Wildman–Crippen MR) is 102 cm³/mol. The van der Waals surface area contributed by atoms with Gasteiger partial charge in [0.25, 0.3) is 0 Å². The summed E-state index contributed by atoms with van der Waals surface area (Å²) in [7, 11) is 0. The minimum Gasteiger partial charge on any atom is -0.423 e. The quantitative estimate of drug-likeness (QED) is 0.386. The van der Waals surface area contributed by atoms with E-state index in [0.29, 0.717) is 17.2 Å². The highest BCUT2D eigenvalue weighted by atomic mass is 16.5. The van der Waals surface area contributed by atoms with Crippen LogP contribution in [0.5, 0.6) is 5.75 Å². The maximum Gasteiger partial charge on any atom is 0.343 e. The molecule has 1 fully saturated rings. The van der Waals surface area contributed by atoms with E-state index < -0.39 is 0 Å². The van der Waals surface area contributed by atoms with Crippen molar-refractivity contribution < 1.29 is 9.53 Å². The zero-order valence-corrected chi connectivity index (χ0v) is 14.8. The molecule has 1 aliphatic carbocycles. The van der Waals surface area contributed by atoms with Crippen molar-refractivity contribution in [2.24, 2.45) is 10.9 Å². The molecule has 1 saturated carbocycles. The van der Waals surface area contributed by atoms with Gasteiger partial charge in [-0.2, -0.15) is 0 Å². The van der Waals surface area contributed by atoms with Gasteiger partial charge in [-0.3, -0.25) is 4.99 Å². The van der Waals surface area contributed by atoms with Gasteiger partial charge in [0.1, 0.15) is 5.75 Å². The molecule has 0 atom stereocenters. The van der Waals surface area contributed by atoms with E-state index in [0.717, 1.165) is 11.6 Å². The Morgan fingerprint density at radius 1 is 1.04 bits per heavy atom. The lowest BCUT2D eigenvalue weighted by Crippen LogP contribution is -2.13. The highest BCUT2D eigenvalue weighted by molar-refractivity contribution is 5.91. The number of ether oxygens (including phenoxy) is 1. The van der Waals surface area contributed by atoms with Crippen LogP contribution in [0.2, 0.25) is 0 Å². The fraction of sp³-hybridized carbons (Fsp3) is 0.364. The minimum absolute atomic E-state index is 0.333. The number of hydrogen-bond acceptors (Lipinski definition) is 3. The molecule has 3 nitrogen and oxygen atoms in total. The van der Waals surface area contributed by atoms with E-state index in [1.807, 2.05) is 12.1 Å². The number of carbonyl (C=O) groups is 1. The zero-order chi connectivity index (χ0) is 17.6. The van der Waals surface area contributed by atoms with E-state index in [1.54, 1.807) is 24.3 Å². The average Bonchev–Trinajstić information content (AvgIpc) is 2.69. The van der Waals surface area contributed by atoms with E-state index in [9.17, 15) is 4.79 Å². The fourth-order valence-electron chi connectivity index (χ4n) is 3.58. The molecule has 2 aromatic rings. The maximum absolute atomic E-state index is 12.3. The third-order valence-corrected chi connectivity index (χ3v) is 5.27. The van der Waals surface area contributed by atoms with E-state index in [2.05, 4.69) is 30.8 Å². The third kappa shape index (κ3) is 4.36. The van der Waals surface area contributed by atoms with Crippen LogP contribution in [0.25, 0.3) is 0 Å². The van der Waals surface area contributed by atoms with Gasteiger partial charge < -0.3 is 4.74 Å². The van der Waals surface area contributed by atoms with Crippen molar-refractivity contribution in [3.05, 3.63) is 59.7 Å². The molecule has 3 rings (SSSR count). The largest absolute Gasteiger partial charge is 0.423 e. The monoisotopic (exact) mass is 335 g/mol. The maximum atomic E-state index is 12.3. The Morgan fingerprint density at radius 3 is 2.24 bits per heavy atom. The molecule has 0 aromatic heterocycles. The van der Waals surface area contributed by atoms with Crippen LogP contribution in [-0.2, 0) is 0 Å². The second-order valence-corrected chi connectivity index (χ2v) is 6.79. The Kier molecular flexibility index (Phi) is 5.64. The van der Waals surface area contributed by atoms with Crippen molar-refractivity contribution in [1.82, 2.24) is 0 Å². The molecule has 130 valence electrons. The molecule has 0 saturated heterocycles. The van der Waals surface area contributed by atoms with Crippen LogP contribution < -0.4 is 4.74 Å². The van der Waals surface area contributed by atoms with Crippen LogP contribution in [-0.4, -0.2) is 12.7 Å². The Labute approximate surface area is 149 Å². The summed E-state index contributed by atoms with van der Waals surface area (Å²) in [5.41, 5.74) is 2.67. The molecular weight excluding hydrogens is 310 g/mol. The minimum atomic E-state index is -0.333. The van der Waals surface area contributed by atoms with Gasteiger partial charge >= 0.3 is 5.97 Å². The molecule has 0 amide bonds. The molecule has 0 bridgehead atoms. The van der Waals surface area contributed by atoms with E-state index >= 15 is 0 Å². The number of aliphatic imine (C=N–C) groups is 1. The lowest BCUT2D eigenvalue weighted by atomic mass is 9.78. The van der Waals surface area contributed by atoms with Gasteiger partial charge in [-0.25, -0.2) is 4.79 Å². The van der Waals surface area contributed by atoms with Crippen molar-refractivity contribution >= 4 is 18.4 Å². The molecular formula is C22H25NO2. The van der Waals surface area contributed by atoms with Crippen LogP contribution in [0.3, 0.4) is 0 Å². The first-order valence-corrected chi connectivity index (χ1v) is 9.08. The van der Waals surface area contributed by atoms with Gasteiger partial charge in [0.15, 0.2) is 0 Å². The Morgan fingerprint density at radius 2 is 1.68 bits per heavy atom. The van der Waals surface area contributed by atoms with E-state index in [4.69, 9.17) is 4.74 Å². The summed E-state index contributed by atoms with van der Waals surface area (Å²) in [6, 6.07) is 14.9. The molecule has 2 aromatic carbocycles. The summed E-state index contributed by atoms with van der Waals surface area (Å²) in [6.45, 7) is 5.75. The highest BCUT2D eigenvalue weighted by Crippen LogP contribution is 2.36. The lowest BCUT2D eigenvalue weighted by molar-refractivity contribution is 0.0734. The van der Waals surface area contributed by atoms with Crippen molar-refractivity contribution in [2.45, 2.75) is 44.9 Å². The molecule has 0 radical (unpaired) electrons. The van der Waals surface area contributed by atoms with Crippen LogP contribution in [0.1, 0.15) is 60.9 Å². The first-order chi connectivity index (χ1) is 12.2. The Hall–Kier alpha value is -2.42. The summed E-state index contributed by atoms with van der Waals surface area (Å²) in [5.74, 6) is 1.71. The van der Waals surface area contributed by atoms with Gasteiger partial charge in [-0.05, 0) is 86.2 Å². The van der Waals surface area contributed by atoms with Crippen molar-refractivity contribution in [3.63, 3.8) is 0 Å². The van der Waals surface area contributed by atoms with Crippen LogP contribution in [0.15, 0.2) is 53.5 Å². The molecule has 0 aliphatic heterocycles. The second-order valence-electron chi connectivity index (χ2n) is 6.79. The first-order valence-electron chi connectivity index (χ1n) is 9.08. The zero-order valence-electron chi connectivity index (χ0n) is 14.8. The summed E-state index contributed by atoms with van der Waals surface area (Å²) in [5, 5.41) is 0. The SMILES string of the molecule is C=Nc1ccc(OC(=O)c2ccc(C3CCC(CC)CC3)cc2)cc1. The van der Waals surface area contributed by atoms with Gasteiger partial charge in [0.2, 0.25) is 0 Å². The number of esters is 1. The summed E-state index contributed by atoms with van der Waals surface area (Å²) in [4.78, 5) is 16.1. The molecule has 0 spiro atoms. The molecule has 0 unspecified atom stereocenters. The Balaban J connectivity index is 1.61. The van der Waals surface area contributed by atoms with Crippen LogP contribution >= 0.6 is 0 Å². The predicted octanol–water partition coefficient (Wildman–Crippen LogP) is 5.92. The summed E-state index contributed by atoms with van der Waals surface area (Å²) >= 11 is 0. The number of benzene rings is 2. The van der Waals surface area contributed by atoms with E-state index in [1.165, 1.54) is 37.7 Å². The molecule has 0 heterocycles. The highest BCUT2D eigenvalue weighted by Gasteiger charge is 2.21. The lowest BCUT2D eigenvalue weighted by Gasteiger charge is -2.28. The third-order valence-electron chi connectivity index (χ3n) is 5.27. The first kappa shape index (κ1) is 17.4. The van der Waals surface area contributed by atoms with Crippen LogP contribution in [0.4, 0.5) is 5.69 Å². The van der Waals surface area contributed by atoms with Gasteiger partial charge in [-0.1, -0.05) is 25.5 Å². The number of hydrogen-bond donors (Lipinski definition) is 0. The molecule has 3 heteroatoms. The fourth-order valence-corrected chi connectivity index (χ4v) is 3.58. The van der Waals surface area contributed by atoms with Crippen LogP contribution in [0, 0.1) is 5.92 Å². The van der Waals surface area contributed by atoms with E-state index in [-0.39, 0.29) is 5.97 Å².